The molecule has 0 saturated carbocycles. The van der Waals surface area contributed by atoms with Crippen LogP contribution in [-0.4, -0.2) is 8.75 Å². The molecule has 0 aliphatic heterocycles. The number of nitrogens with zero attached hydrogens (tertiary/aromatic N) is 4. The second-order valence-corrected chi connectivity index (χ2v) is 12.6. The van der Waals surface area contributed by atoms with Crippen molar-refractivity contribution >= 4 is 79.0 Å². The van der Waals surface area contributed by atoms with Crippen LogP contribution in [0.1, 0.15) is 11.1 Å². The smallest absolute Gasteiger partial charge is 0.0861 e. The molecule has 6 aromatic carbocycles. The predicted octanol–water partition coefficient (Wildman–Crippen LogP) is 12.1. The van der Waals surface area contributed by atoms with Crippen LogP contribution < -0.4 is 9.80 Å². The number of aryl methyl sites for hydroxylation is 2. The second kappa shape index (κ2) is 11.9. The molecular weight excluding hydrogens is 601 g/mol. The van der Waals surface area contributed by atoms with E-state index in [0.717, 1.165) is 55.9 Å². The fourth-order valence-electron chi connectivity index (χ4n) is 6.33. The maximum absolute atomic E-state index is 4.61. The number of fused-ring (bicyclic) bond motifs is 2. The van der Waals surface area contributed by atoms with Crippen LogP contribution in [0, 0.1) is 13.8 Å². The first-order valence-corrected chi connectivity index (χ1v) is 16.9. The summed E-state index contributed by atoms with van der Waals surface area (Å²) in [5.41, 5.74) is 13.7. The number of para-hydroxylation sites is 2. The highest BCUT2D eigenvalue weighted by molar-refractivity contribution is 7.05. The van der Waals surface area contributed by atoms with Crippen molar-refractivity contribution in [1.82, 2.24) is 8.75 Å². The molecule has 0 amide bonds. The molecule has 222 valence electrons. The summed E-state index contributed by atoms with van der Waals surface area (Å²) >= 11 is 3.00. The van der Waals surface area contributed by atoms with Gasteiger partial charge in [-0.15, -0.1) is 0 Å². The highest BCUT2D eigenvalue weighted by atomic mass is 32.1. The summed E-state index contributed by atoms with van der Waals surface area (Å²) in [6.45, 7) is 4.42. The van der Waals surface area contributed by atoms with E-state index in [1.165, 1.54) is 45.3 Å². The van der Waals surface area contributed by atoms with E-state index in [0.29, 0.717) is 0 Å². The van der Waals surface area contributed by atoms with Crippen molar-refractivity contribution < 1.29 is 0 Å². The molecule has 2 aromatic heterocycles. The van der Waals surface area contributed by atoms with Gasteiger partial charge in [0.05, 0.1) is 22.4 Å². The van der Waals surface area contributed by atoms with Gasteiger partial charge < -0.3 is 9.80 Å². The topological polar surface area (TPSA) is 32.3 Å². The lowest BCUT2D eigenvalue weighted by atomic mass is 9.95. The van der Waals surface area contributed by atoms with Gasteiger partial charge >= 0.3 is 0 Å². The highest BCUT2D eigenvalue weighted by Crippen LogP contribution is 2.43. The van der Waals surface area contributed by atoms with Crippen molar-refractivity contribution in [2.45, 2.75) is 13.8 Å². The quantitative estimate of drug-likeness (QED) is 0.175. The Hall–Kier alpha value is -5.30. The van der Waals surface area contributed by atoms with Crippen molar-refractivity contribution in [2.24, 2.45) is 0 Å². The van der Waals surface area contributed by atoms with E-state index in [-0.39, 0.29) is 0 Å². The van der Waals surface area contributed by atoms with Gasteiger partial charge in [0.15, 0.2) is 0 Å². The minimum Gasteiger partial charge on any atom is -0.310 e. The Kier molecular flexibility index (Phi) is 7.29. The minimum absolute atomic E-state index is 1.02. The molecule has 0 radical (unpaired) electrons. The molecular formula is C40H30N4S2. The molecule has 8 aromatic rings. The molecule has 0 spiro atoms. The average molecular weight is 631 g/mol. The Bertz CT molecular complexity index is 2140. The van der Waals surface area contributed by atoms with Gasteiger partial charge in [-0.05, 0) is 132 Å². The van der Waals surface area contributed by atoms with Gasteiger partial charge in [-0.1, -0.05) is 60.7 Å². The SMILES string of the molecule is Cc1cc(N(c2ccccc2)c2cccc3nscc23)ccc1-c1ccc(N(c2ccccc2)c2cccc3nscc23)cc1C. The largest absolute Gasteiger partial charge is 0.310 e. The van der Waals surface area contributed by atoms with Gasteiger partial charge in [-0.25, -0.2) is 0 Å². The lowest BCUT2D eigenvalue weighted by Crippen LogP contribution is -2.11. The van der Waals surface area contributed by atoms with Gasteiger partial charge in [0.1, 0.15) is 0 Å². The molecule has 0 bridgehead atoms. The first kappa shape index (κ1) is 28.2. The molecule has 4 nitrogen and oxygen atoms in total. The summed E-state index contributed by atoms with van der Waals surface area (Å²) in [7, 11) is 0. The number of anilines is 6. The van der Waals surface area contributed by atoms with Gasteiger partial charge in [0.25, 0.3) is 0 Å². The van der Waals surface area contributed by atoms with Gasteiger partial charge in [-0.3, -0.25) is 0 Å². The lowest BCUT2D eigenvalue weighted by Gasteiger charge is -2.28. The van der Waals surface area contributed by atoms with Gasteiger partial charge in [0.2, 0.25) is 0 Å². The van der Waals surface area contributed by atoms with Crippen LogP contribution >= 0.6 is 23.1 Å². The molecule has 0 saturated heterocycles. The molecule has 6 heteroatoms. The normalized spacial score (nSPS) is 11.3. The van der Waals surface area contributed by atoms with Crippen LogP contribution in [0.5, 0.6) is 0 Å². The van der Waals surface area contributed by atoms with E-state index < -0.39 is 0 Å². The zero-order valence-corrected chi connectivity index (χ0v) is 27.1. The van der Waals surface area contributed by atoms with E-state index in [9.17, 15) is 0 Å². The summed E-state index contributed by atoms with van der Waals surface area (Å²) < 4.78 is 9.22. The number of benzene rings is 6. The molecule has 0 fully saturated rings. The second-order valence-electron chi connectivity index (χ2n) is 11.4. The van der Waals surface area contributed by atoms with Crippen molar-refractivity contribution in [3.05, 3.63) is 155 Å². The van der Waals surface area contributed by atoms with E-state index in [1.807, 2.05) is 0 Å². The predicted molar refractivity (Wildman–Crippen MR) is 197 cm³/mol. The summed E-state index contributed by atoms with van der Waals surface area (Å²) in [5.74, 6) is 0. The van der Waals surface area contributed by atoms with E-state index >= 15 is 0 Å². The van der Waals surface area contributed by atoms with Crippen LogP contribution in [0.2, 0.25) is 0 Å². The van der Waals surface area contributed by atoms with Crippen LogP contribution in [0.25, 0.3) is 32.9 Å². The highest BCUT2D eigenvalue weighted by Gasteiger charge is 2.19. The van der Waals surface area contributed by atoms with E-state index in [4.69, 9.17) is 0 Å². The molecule has 0 atom stereocenters. The van der Waals surface area contributed by atoms with Crippen LogP contribution in [0.15, 0.2) is 144 Å². The van der Waals surface area contributed by atoms with Crippen molar-refractivity contribution in [3.8, 4) is 11.1 Å². The Morgan fingerprint density at radius 1 is 0.435 bits per heavy atom. The Balaban J connectivity index is 1.20. The molecule has 8 rings (SSSR count). The Morgan fingerprint density at radius 2 is 0.870 bits per heavy atom. The van der Waals surface area contributed by atoms with Crippen molar-refractivity contribution in [2.75, 3.05) is 9.80 Å². The molecule has 0 unspecified atom stereocenters. The zero-order chi connectivity index (χ0) is 31.0. The third-order valence-electron chi connectivity index (χ3n) is 8.50. The van der Waals surface area contributed by atoms with Crippen LogP contribution in [0.4, 0.5) is 34.1 Å². The summed E-state index contributed by atoms with van der Waals surface area (Å²) in [5, 5.41) is 6.59. The van der Waals surface area contributed by atoms with Gasteiger partial charge in [-0.2, -0.15) is 8.75 Å². The molecule has 0 aliphatic rings. The van der Waals surface area contributed by atoms with Crippen molar-refractivity contribution in [3.63, 3.8) is 0 Å². The average Bonchev–Trinajstić information content (AvgIpc) is 3.78. The zero-order valence-electron chi connectivity index (χ0n) is 25.5. The van der Waals surface area contributed by atoms with Crippen LogP contribution in [-0.2, 0) is 0 Å². The fraction of sp³-hybridized carbons (Fsp3) is 0.0500. The molecule has 46 heavy (non-hydrogen) atoms. The third-order valence-corrected chi connectivity index (χ3v) is 9.79. The monoisotopic (exact) mass is 630 g/mol. The number of rotatable bonds is 7. The molecule has 0 N–H and O–H groups in total. The lowest BCUT2D eigenvalue weighted by molar-refractivity contribution is 1.27. The first-order valence-electron chi connectivity index (χ1n) is 15.2. The maximum Gasteiger partial charge on any atom is 0.0861 e. The molecule has 2 heterocycles. The Labute approximate surface area is 276 Å². The standard InChI is InChI=1S/C40H30N4S2/c1-27-23-31(43(29-11-5-3-6-12-29)39-17-9-15-37-35(39)25-45-41-37)19-21-33(27)34-22-20-32(24-28(34)2)44(30-13-7-4-8-14-30)40-18-10-16-38-36(40)26-46-42-38/h3-26H,1-2H3. The minimum atomic E-state index is 1.02. The van der Waals surface area contributed by atoms with E-state index in [1.54, 1.807) is 0 Å². The summed E-state index contributed by atoms with van der Waals surface area (Å²) in [6.07, 6.45) is 0. The van der Waals surface area contributed by atoms with Crippen LogP contribution in [0.3, 0.4) is 0 Å². The Morgan fingerprint density at radius 3 is 1.28 bits per heavy atom. The molecule has 0 aliphatic carbocycles. The summed E-state index contributed by atoms with van der Waals surface area (Å²) in [4.78, 5) is 4.67. The number of hydrogen-bond donors (Lipinski definition) is 0. The first-order chi connectivity index (χ1) is 22.7. The fourth-order valence-corrected chi connectivity index (χ4v) is 7.68. The van der Waals surface area contributed by atoms with E-state index in [2.05, 4.69) is 177 Å². The number of hydrogen-bond acceptors (Lipinski definition) is 6. The third kappa shape index (κ3) is 5.02. The summed E-state index contributed by atoms with van der Waals surface area (Å²) in [6, 6.07) is 47.5. The number of aromatic nitrogens is 2. The van der Waals surface area contributed by atoms with Gasteiger partial charge in [0, 0.05) is 44.3 Å². The van der Waals surface area contributed by atoms with Crippen molar-refractivity contribution in [1.29, 1.82) is 0 Å². The maximum atomic E-state index is 4.61.